The minimum atomic E-state index is -1.41. The van der Waals surface area contributed by atoms with Crippen molar-refractivity contribution in [1.82, 2.24) is 4.98 Å². The third-order valence-corrected chi connectivity index (χ3v) is 5.00. The van der Waals surface area contributed by atoms with Gasteiger partial charge in [0, 0.05) is 16.0 Å². The average molecular weight is 352 g/mol. The van der Waals surface area contributed by atoms with Crippen LogP contribution in [0, 0.1) is 6.92 Å². The summed E-state index contributed by atoms with van der Waals surface area (Å²) in [5.41, 5.74) is 1.39. The van der Waals surface area contributed by atoms with E-state index in [2.05, 4.69) is 15.0 Å². The summed E-state index contributed by atoms with van der Waals surface area (Å²) in [7, 11) is 3.31. The van der Waals surface area contributed by atoms with Gasteiger partial charge in [0.2, 0.25) is 16.7 Å². The van der Waals surface area contributed by atoms with Gasteiger partial charge in [-0.15, -0.1) is 0 Å². The Morgan fingerprint density at radius 3 is 2.61 bits per heavy atom. The SMILES string of the molecule is COC(=O)[C@@H](C(=O)C(=O)Nc1cccc(C)c1)c1nc(=[NH2+])ss1. The number of hydrogen-bond acceptors (Lipinski definition) is 7. The van der Waals surface area contributed by atoms with Crippen molar-refractivity contribution < 1.29 is 24.5 Å². The first-order valence-corrected chi connectivity index (χ1v) is 8.62. The minimum Gasteiger partial charge on any atom is -0.468 e. The predicted octanol–water partition coefficient (Wildman–Crippen LogP) is -0.363. The first-order valence-electron chi connectivity index (χ1n) is 6.47. The third-order valence-electron chi connectivity index (χ3n) is 2.88. The van der Waals surface area contributed by atoms with Crippen molar-refractivity contribution in [3.05, 3.63) is 39.6 Å². The van der Waals surface area contributed by atoms with Crippen LogP contribution in [0.1, 0.15) is 16.5 Å². The molecule has 23 heavy (non-hydrogen) atoms. The van der Waals surface area contributed by atoms with Crippen LogP contribution in [0.15, 0.2) is 24.3 Å². The van der Waals surface area contributed by atoms with Gasteiger partial charge in [-0.3, -0.25) is 19.8 Å². The van der Waals surface area contributed by atoms with Crippen molar-refractivity contribution in [2.24, 2.45) is 0 Å². The molecule has 1 heterocycles. The molecule has 1 aromatic heterocycles. The predicted molar refractivity (Wildman–Crippen MR) is 84.6 cm³/mol. The molecule has 3 N–H and O–H groups in total. The highest BCUT2D eigenvalue weighted by molar-refractivity contribution is 7.68. The smallest absolute Gasteiger partial charge is 0.384 e. The van der Waals surface area contributed by atoms with E-state index in [1.165, 1.54) is 0 Å². The van der Waals surface area contributed by atoms with Crippen LogP contribution in [0.3, 0.4) is 0 Å². The van der Waals surface area contributed by atoms with E-state index < -0.39 is 23.6 Å². The molecule has 9 heteroatoms. The number of aromatic nitrogens is 1. The molecule has 7 nitrogen and oxygen atoms in total. The Bertz CT molecular complexity index is 812. The summed E-state index contributed by atoms with van der Waals surface area (Å²) < 4.78 is 4.61. The molecule has 0 saturated heterocycles. The van der Waals surface area contributed by atoms with E-state index >= 15 is 0 Å². The van der Waals surface area contributed by atoms with E-state index in [1.54, 1.807) is 18.2 Å². The molecular formula is C14H14N3O4S2+. The average Bonchev–Trinajstić information content (AvgIpc) is 2.93. The van der Waals surface area contributed by atoms with Gasteiger partial charge in [0.25, 0.3) is 5.91 Å². The Labute approximate surface area is 138 Å². The highest BCUT2D eigenvalue weighted by atomic mass is 32.9. The summed E-state index contributed by atoms with van der Waals surface area (Å²) in [6, 6.07) is 6.96. The second-order valence-corrected chi connectivity index (χ2v) is 6.77. The molecule has 2 rings (SSSR count). The monoisotopic (exact) mass is 352 g/mol. The normalized spacial score (nSPS) is 11.6. The number of rotatable bonds is 5. The summed E-state index contributed by atoms with van der Waals surface area (Å²) in [5, 5.41) is 8.14. The van der Waals surface area contributed by atoms with Gasteiger partial charge < -0.3 is 10.1 Å². The number of benzene rings is 1. The van der Waals surface area contributed by atoms with E-state index in [-0.39, 0.29) is 9.81 Å². The van der Waals surface area contributed by atoms with Gasteiger partial charge in [-0.05, 0) is 39.9 Å². The highest BCUT2D eigenvalue weighted by Gasteiger charge is 2.39. The number of methoxy groups -OCH3 is 1. The van der Waals surface area contributed by atoms with E-state index in [4.69, 9.17) is 5.41 Å². The number of nitrogens with zero attached hydrogens (tertiary/aromatic N) is 1. The van der Waals surface area contributed by atoms with Crippen LogP contribution >= 0.6 is 20.7 Å². The topological polar surface area (TPSA) is 111 Å². The lowest BCUT2D eigenvalue weighted by atomic mass is 10.0. The van der Waals surface area contributed by atoms with Crippen molar-refractivity contribution in [3.8, 4) is 0 Å². The molecule has 2 aromatic rings. The first-order chi connectivity index (χ1) is 10.9. The molecule has 0 bridgehead atoms. The lowest BCUT2D eigenvalue weighted by Crippen LogP contribution is -2.44. The Kier molecular flexibility index (Phi) is 5.35. The largest absolute Gasteiger partial charge is 0.468 e. The lowest BCUT2D eigenvalue weighted by Gasteiger charge is -2.09. The number of carbonyl (C=O) groups is 3. The third kappa shape index (κ3) is 4.08. The number of carbonyl (C=O) groups excluding carboxylic acids is 3. The number of hydrogen-bond donors (Lipinski definition) is 2. The number of Topliss-reactive ketones (excluding diaryl/α,β-unsaturated/α-hetero) is 1. The quantitative estimate of drug-likeness (QED) is 0.330. The Morgan fingerprint density at radius 1 is 1.30 bits per heavy atom. The van der Waals surface area contributed by atoms with Crippen LogP contribution in [0.2, 0.25) is 0 Å². The van der Waals surface area contributed by atoms with Gasteiger partial charge in [-0.2, -0.15) is 0 Å². The number of ketones is 1. The Balaban J connectivity index is 2.24. The van der Waals surface area contributed by atoms with Crippen LogP contribution in [-0.4, -0.2) is 29.8 Å². The second kappa shape index (κ2) is 7.25. The van der Waals surface area contributed by atoms with Crippen LogP contribution in [0.25, 0.3) is 0 Å². The number of ether oxygens (including phenoxy) is 1. The minimum absolute atomic E-state index is 0.142. The molecule has 0 fully saturated rings. The number of aryl methyl sites for hydroxylation is 1. The van der Waals surface area contributed by atoms with Crippen LogP contribution in [0.4, 0.5) is 5.69 Å². The maximum atomic E-state index is 12.4. The zero-order chi connectivity index (χ0) is 17.0. The summed E-state index contributed by atoms with van der Waals surface area (Å²) in [5.74, 6) is -4.12. The highest BCUT2D eigenvalue weighted by Crippen LogP contribution is 2.22. The van der Waals surface area contributed by atoms with E-state index in [1.807, 2.05) is 13.0 Å². The molecule has 120 valence electrons. The molecule has 1 amide bonds. The standard InChI is InChI=1S/C14H13N3O4S2/c1-7-4-3-5-8(6-7)16-11(19)10(18)9(13(20)21-2)12-17-14(15)23-22-12/h3-6,9,15H,1-2H3,(H,16,19)/p+1/t9-/m0/s1. The Hall–Kier alpha value is -2.39. The van der Waals surface area contributed by atoms with Crippen molar-refractivity contribution >= 4 is 44.0 Å². The molecule has 0 saturated carbocycles. The first kappa shape index (κ1) is 17.0. The second-order valence-electron chi connectivity index (χ2n) is 4.60. The molecule has 0 aliphatic heterocycles. The van der Waals surface area contributed by atoms with Crippen molar-refractivity contribution in [2.75, 3.05) is 12.4 Å². The molecule has 0 spiro atoms. The van der Waals surface area contributed by atoms with Gasteiger partial charge >= 0.3 is 10.8 Å². The molecule has 0 aliphatic rings. The van der Waals surface area contributed by atoms with Gasteiger partial charge in [0.15, 0.2) is 0 Å². The van der Waals surface area contributed by atoms with E-state index in [0.29, 0.717) is 5.69 Å². The van der Waals surface area contributed by atoms with Gasteiger partial charge in [-0.25, -0.2) is 0 Å². The summed E-state index contributed by atoms with van der Waals surface area (Å²) in [6.07, 6.45) is 0. The lowest BCUT2D eigenvalue weighted by molar-refractivity contribution is -0.172. The fraction of sp³-hybridized carbons (Fsp3) is 0.214. The van der Waals surface area contributed by atoms with Crippen molar-refractivity contribution in [2.45, 2.75) is 12.8 Å². The molecule has 0 radical (unpaired) electrons. The maximum Gasteiger partial charge on any atom is 0.384 e. The van der Waals surface area contributed by atoms with Crippen LogP contribution in [-0.2, 0) is 19.1 Å². The molecule has 1 atom stereocenters. The summed E-state index contributed by atoms with van der Waals surface area (Å²) in [4.78, 5) is 40.5. The van der Waals surface area contributed by atoms with Crippen LogP contribution in [0.5, 0.6) is 0 Å². The maximum absolute atomic E-state index is 12.4. The molecule has 1 aromatic carbocycles. The fourth-order valence-electron chi connectivity index (χ4n) is 1.83. The van der Waals surface area contributed by atoms with E-state index in [9.17, 15) is 14.4 Å². The number of nitrogens with one attached hydrogen (secondary N) is 1. The van der Waals surface area contributed by atoms with Gasteiger partial charge in [0.05, 0.1) is 7.11 Å². The number of esters is 1. The zero-order valence-electron chi connectivity index (χ0n) is 12.4. The Morgan fingerprint density at radius 2 is 2.04 bits per heavy atom. The molecular weight excluding hydrogens is 338 g/mol. The van der Waals surface area contributed by atoms with Crippen molar-refractivity contribution in [3.63, 3.8) is 0 Å². The summed E-state index contributed by atoms with van der Waals surface area (Å²) in [6.45, 7) is 1.86. The van der Waals surface area contributed by atoms with Gasteiger partial charge in [0.1, 0.15) is 0 Å². The van der Waals surface area contributed by atoms with Gasteiger partial charge in [-0.1, -0.05) is 12.1 Å². The fourth-order valence-corrected chi connectivity index (χ4v) is 3.65. The van der Waals surface area contributed by atoms with Crippen molar-refractivity contribution in [1.29, 1.82) is 0 Å². The van der Waals surface area contributed by atoms with Crippen LogP contribution < -0.4 is 15.5 Å². The summed E-state index contributed by atoms with van der Waals surface area (Å²) >= 11 is 0. The number of anilines is 1. The molecule has 0 aliphatic carbocycles. The zero-order valence-corrected chi connectivity index (χ0v) is 14.0. The molecule has 0 unspecified atom stereocenters. The van der Waals surface area contributed by atoms with E-state index in [0.717, 1.165) is 33.4 Å². The number of nitrogens with two attached hydrogens (primary N) is 1. The number of amides is 1.